The number of rotatable bonds is 4. The van der Waals surface area contributed by atoms with E-state index in [9.17, 15) is 14.3 Å². The summed E-state index contributed by atoms with van der Waals surface area (Å²) in [5.74, 6) is -0.783. The Kier molecular flexibility index (Phi) is 4.67. The van der Waals surface area contributed by atoms with Gasteiger partial charge in [-0.2, -0.15) is 0 Å². The van der Waals surface area contributed by atoms with Gasteiger partial charge in [0.05, 0.1) is 17.3 Å². The third-order valence-electron chi connectivity index (χ3n) is 4.32. The molecule has 3 rings (SSSR count). The number of aliphatic imine (C=N–C) groups is 1. The highest BCUT2D eigenvalue weighted by Crippen LogP contribution is 2.38. The van der Waals surface area contributed by atoms with Crippen molar-refractivity contribution in [3.63, 3.8) is 0 Å². The lowest BCUT2D eigenvalue weighted by atomic mass is 9.90. The molecule has 0 amide bonds. The van der Waals surface area contributed by atoms with Gasteiger partial charge in [-0.25, -0.2) is 19.2 Å². The summed E-state index contributed by atoms with van der Waals surface area (Å²) in [4.78, 5) is 22.6. The molecule has 2 heterocycles. The van der Waals surface area contributed by atoms with Crippen LogP contribution in [0.4, 0.5) is 4.39 Å². The molecule has 0 fully saturated rings. The van der Waals surface area contributed by atoms with E-state index in [0.29, 0.717) is 34.2 Å². The molecule has 25 heavy (non-hydrogen) atoms. The SMILES string of the molecule is CCN1C(c2nccs2)=NC(C)=C(C(=O)O)C1c1cccc(F)c1C. The zero-order valence-corrected chi connectivity index (χ0v) is 15.0. The highest BCUT2D eigenvalue weighted by molar-refractivity contribution is 7.11. The quantitative estimate of drug-likeness (QED) is 0.902. The molecule has 0 saturated heterocycles. The van der Waals surface area contributed by atoms with Crippen molar-refractivity contribution in [2.75, 3.05) is 6.54 Å². The largest absolute Gasteiger partial charge is 0.478 e. The Hall–Kier alpha value is -2.54. The van der Waals surface area contributed by atoms with Crippen molar-refractivity contribution in [1.82, 2.24) is 9.88 Å². The van der Waals surface area contributed by atoms with E-state index in [1.165, 1.54) is 17.4 Å². The van der Waals surface area contributed by atoms with Crippen molar-refractivity contribution in [3.8, 4) is 0 Å². The zero-order chi connectivity index (χ0) is 18.1. The van der Waals surface area contributed by atoms with Gasteiger partial charge in [0.15, 0.2) is 10.8 Å². The molecule has 1 aliphatic heterocycles. The van der Waals surface area contributed by atoms with Crippen molar-refractivity contribution in [2.24, 2.45) is 4.99 Å². The van der Waals surface area contributed by atoms with E-state index in [2.05, 4.69) is 9.98 Å². The van der Waals surface area contributed by atoms with Gasteiger partial charge in [0.25, 0.3) is 0 Å². The van der Waals surface area contributed by atoms with Crippen LogP contribution in [0, 0.1) is 12.7 Å². The molecule has 2 aromatic rings. The van der Waals surface area contributed by atoms with Gasteiger partial charge in [-0.05, 0) is 38.0 Å². The van der Waals surface area contributed by atoms with Gasteiger partial charge in [0.2, 0.25) is 0 Å². The normalized spacial score (nSPS) is 17.7. The topological polar surface area (TPSA) is 65.8 Å². The fourth-order valence-corrected chi connectivity index (χ4v) is 3.75. The Morgan fingerprint density at radius 2 is 2.16 bits per heavy atom. The summed E-state index contributed by atoms with van der Waals surface area (Å²) in [6, 6.07) is 4.14. The van der Waals surface area contributed by atoms with Gasteiger partial charge in [0.1, 0.15) is 5.82 Å². The number of hydrogen-bond acceptors (Lipinski definition) is 5. The van der Waals surface area contributed by atoms with Gasteiger partial charge < -0.3 is 10.0 Å². The molecular weight excluding hydrogens is 341 g/mol. The number of aromatic nitrogens is 1. The average Bonchev–Trinajstić information content (AvgIpc) is 3.10. The number of carboxylic acid groups (broad SMARTS) is 1. The molecule has 0 aliphatic carbocycles. The van der Waals surface area contributed by atoms with Gasteiger partial charge in [-0.3, -0.25) is 0 Å². The number of thiazole rings is 1. The van der Waals surface area contributed by atoms with Crippen LogP contribution in [0.1, 0.15) is 36.0 Å². The maximum absolute atomic E-state index is 14.1. The predicted octanol–water partition coefficient (Wildman–Crippen LogP) is 3.77. The maximum atomic E-state index is 14.1. The van der Waals surface area contributed by atoms with Crippen LogP contribution in [-0.2, 0) is 4.79 Å². The predicted molar refractivity (Wildman–Crippen MR) is 95.2 cm³/mol. The fourth-order valence-electron chi connectivity index (χ4n) is 3.11. The van der Waals surface area contributed by atoms with E-state index in [0.717, 1.165) is 0 Å². The Morgan fingerprint density at radius 1 is 1.40 bits per heavy atom. The number of aliphatic carboxylic acids is 1. The molecule has 1 N–H and O–H groups in total. The fraction of sp³-hybridized carbons (Fsp3) is 0.278. The molecular formula is C18H18FN3O2S. The standard InChI is InChI=1S/C18H18FN3O2S/c1-4-22-15(12-6-5-7-13(19)10(12)2)14(18(23)24)11(3)21-16(22)17-20-8-9-25-17/h5-9,15H,4H2,1-3H3,(H,23,24). The molecule has 7 heteroatoms. The van der Waals surface area contributed by atoms with Crippen molar-refractivity contribution < 1.29 is 14.3 Å². The Labute approximate surface area is 149 Å². The van der Waals surface area contributed by atoms with Crippen molar-refractivity contribution in [3.05, 3.63) is 63.0 Å². The molecule has 0 bridgehead atoms. The van der Waals surface area contributed by atoms with E-state index in [1.807, 2.05) is 17.2 Å². The summed E-state index contributed by atoms with van der Waals surface area (Å²) in [6.07, 6.45) is 1.69. The van der Waals surface area contributed by atoms with Gasteiger partial charge >= 0.3 is 5.97 Å². The van der Waals surface area contributed by atoms with E-state index in [1.54, 1.807) is 32.2 Å². The van der Waals surface area contributed by atoms with Crippen LogP contribution in [0.5, 0.6) is 0 Å². The molecule has 130 valence electrons. The van der Waals surface area contributed by atoms with Crippen LogP contribution in [-0.4, -0.2) is 33.3 Å². The Bertz CT molecular complexity index is 874. The summed E-state index contributed by atoms with van der Waals surface area (Å²) in [6.45, 7) is 5.78. The lowest BCUT2D eigenvalue weighted by Gasteiger charge is -2.37. The van der Waals surface area contributed by atoms with Crippen molar-refractivity contribution in [1.29, 1.82) is 0 Å². The number of halogens is 1. The highest BCUT2D eigenvalue weighted by atomic mass is 32.1. The first-order chi connectivity index (χ1) is 12.0. The van der Waals surface area contributed by atoms with E-state index < -0.39 is 12.0 Å². The molecule has 1 unspecified atom stereocenters. The van der Waals surface area contributed by atoms with Crippen molar-refractivity contribution >= 4 is 23.1 Å². The monoisotopic (exact) mass is 359 g/mol. The van der Waals surface area contributed by atoms with E-state index >= 15 is 0 Å². The van der Waals surface area contributed by atoms with Gasteiger partial charge in [0, 0.05) is 18.1 Å². The Morgan fingerprint density at radius 3 is 2.76 bits per heavy atom. The van der Waals surface area contributed by atoms with Crippen molar-refractivity contribution in [2.45, 2.75) is 26.8 Å². The minimum Gasteiger partial charge on any atom is -0.478 e. The van der Waals surface area contributed by atoms with Gasteiger partial charge in [-0.15, -0.1) is 11.3 Å². The number of allylic oxidation sites excluding steroid dienone is 1. The van der Waals surface area contributed by atoms with Crippen LogP contribution < -0.4 is 0 Å². The minimum absolute atomic E-state index is 0.163. The number of amidine groups is 1. The lowest BCUT2D eigenvalue weighted by molar-refractivity contribution is -0.133. The first-order valence-electron chi connectivity index (χ1n) is 7.90. The lowest BCUT2D eigenvalue weighted by Crippen LogP contribution is -2.41. The summed E-state index contributed by atoms with van der Waals surface area (Å²) < 4.78 is 14.1. The van der Waals surface area contributed by atoms with E-state index in [-0.39, 0.29) is 11.4 Å². The molecule has 0 saturated carbocycles. The second-order valence-electron chi connectivity index (χ2n) is 5.72. The Balaban J connectivity index is 2.25. The third-order valence-corrected chi connectivity index (χ3v) is 5.09. The number of hydrogen-bond donors (Lipinski definition) is 1. The summed E-state index contributed by atoms with van der Waals surface area (Å²) in [5.41, 5.74) is 1.65. The van der Waals surface area contributed by atoms with E-state index in [4.69, 9.17) is 0 Å². The van der Waals surface area contributed by atoms with Crippen LogP contribution in [0.25, 0.3) is 0 Å². The summed E-state index contributed by atoms with van der Waals surface area (Å²) in [7, 11) is 0. The van der Waals surface area contributed by atoms with Crippen LogP contribution >= 0.6 is 11.3 Å². The first kappa shape index (κ1) is 17.3. The van der Waals surface area contributed by atoms with Crippen LogP contribution in [0.15, 0.2) is 46.0 Å². The number of nitrogens with zero attached hydrogens (tertiary/aromatic N) is 3. The molecule has 0 radical (unpaired) electrons. The first-order valence-corrected chi connectivity index (χ1v) is 8.78. The maximum Gasteiger partial charge on any atom is 0.335 e. The highest BCUT2D eigenvalue weighted by Gasteiger charge is 2.37. The average molecular weight is 359 g/mol. The molecule has 0 spiro atoms. The summed E-state index contributed by atoms with van der Waals surface area (Å²) in [5, 5.41) is 12.3. The molecule has 5 nitrogen and oxygen atoms in total. The smallest absolute Gasteiger partial charge is 0.335 e. The molecule has 1 aromatic carbocycles. The number of carbonyl (C=O) groups is 1. The van der Waals surface area contributed by atoms with Crippen LogP contribution in [0.3, 0.4) is 0 Å². The molecule has 1 aromatic heterocycles. The number of carboxylic acids is 1. The second kappa shape index (κ2) is 6.76. The second-order valence-corrected chi connectivity index (χ2v) is 6.61. The third kappa shape index (κ3) is 2.95. The minimum atomic E-state index is -1.05. The van der Waals surface area contributed by atoms with Crippen LogP contribution in [0.2, 0.25) is 0 Å². The van der Waals surface area contributed by atoms with Gasteiger partial charge in [-0.1, -0.05) is 12.1 Å². The summed E-state index contributed by atoms with van der Waals surface area (Å²) >= 11 is 1.44. The molecule has 1 atom stereocenters. The number of likely N-dealkylation sites (N-methyl/N-ethyl adjacent to an activating group) is 1. The number of benzene rings is 1. The zero-order valence-electron chi connectivity index (χ0n) is 14.2. The molecule has 1 aliphatic rings.